The fourth-order valence-electron chi connectivity index (χ4n) is 3.92. The van der Waals surface area contributed by atoms with Crippen LogP contribution in [-0.2, 0) is 11.2 Å². The number of carbonyl (C=O) groups excluding carboxylic acids is 2. The number of amides is 3. The van der Waals surface area contributed by atoms with Crippen LogP contribution >= 0.6 is 0 Å². The van der Waals surface area contributed by atoms with Crippen LogP contribution in [0.3, 0.4) is 0 Å². The zero-order chi connectivity index (χ0) is 17.6. The van der Waals surface area contributed by atoms with Crippen molar-refractivity contribution in [1.82, 2.24) is 9.80 Å². The second-order valence-corrected chi connectivity index (χ2v) is 7.09. The van der Waals surface area contributed by atoms with Crippen LogP contribution in [0.5, 0.6) is 0 Å². The summed E-state index contributed by atoms with van der Waals surface area (Å²) in [7, 11) is 0. The maximum absolute atomic E-state index is 12.6. The zero-order valence-corrected chi connectivity index (χ0v) is 15.2. The molecule has 0 bridgehead atoms. The number of nitrogens with zero attached hydrogens (tertiary/aromatic N) is 2. The maximum Gasteiger partial charge on any atom is 0.321 e. The molecule has 0 atom stereocenters. The minimum Gasteiger partial charge on any atom is -0.341 e. The molecule has 0 spiro atoms. The van der Waals surface area contributed by atoms with Gasteiger partial charge in [-0.05, 0) is 37.3 Å². The lowest BCUT2D eigenvalue weighted by molar-refractivity contribution is -0.135. The Bertz CT molecular complexity index is 611. The number of para-hydroxylation sites is 1. The Balaban J connectivity index is 1.57. The van der Waals surface area contributed by atoms with Gasteiger partial charge < -0.3 is 15.1 Å². The smallest absolute Gasteiger partial charge is 0.321 e. The van der Waals surface area contributed by atoms with E-state index in [-0.39, 0.29) is 11.9 Å². The van der Waals surface area contributed by atoms with E-state index in [1.807, 2.05) is 34.1 Å². The molecule has 1 aliphatic carbocycles. The normalized spacial score (nSPS) is 18.9. The lowest BCUT2D eigenvalue weighted by Crippen LogP contribution is -2.40. The van der Waals surface area contributed by atoms with Crippen LogP contribution in [0, 0.1) is 5.92 Å². The van der Waals surface area contributed by atoms with E-state index < -0.39 is 0 Å². The third-order valence-corrected chi connectivity index (χ3v) is 5.44. The highest BCUT2D eigenvalue weighted by atomic mass is 16.2. The summed E-state index contributed by atoms with van der Waals surface area (Å²) in [6.45, 7) is 4.82. The monoisotopic (exact) mass is 343 g/mol. The predicted molar refractivity (Wildman–Crippen MR) is 99.6 cm³/mol. The number of hydrogen-bond donors (Lipinski definition) is 1. The molecule has 1 saturated heterocycles. The molecule has 1 saturated carbocycles. The molecule has 1 N–H and O–H groups in total. The Morgan fingerprint density at radius 1 is 1.00 bits per heavy atom. The van der Waals surface area contributed by atoms with E-state index in [1.165, 1.54) is 12.8 Å². The number of rotatable bonds is 3. The van der Waals surface area contributed by atoms with E-state index in [1.54, 1.807) is 0 Å². The van der Waals surface area contributed by atoms with Crippen molar-refractivity contribution in [2.45, 2.75) is 45.4 Å². The van der Waals surface area contributed by atoms with Gasteiger partial charge in [0, 0.05) is 37.8 Å². The molecule has 3 amide bonds. The Morgan fingerprint density at radius 2 is 1.68 bits per heavy atom. The first-order valence-corrected chi connectivity index (χ1v) is 9.61. The molecule has 1 aromatic rings. The van der Waals surface area contributed by atoms with Gasteiger partial charge in [-0.1, -0.05) is 38.0 Å². The Labute approximate surface area is 150 Å². The summed E-state index contributed by atoms with van der Waals surface area (Å²) in [5.41, 5.74) is 2.03. The lowest BCUT2D eigenvalue weighted by atomic mass is 10.1. The summed E-state index contributed by atoms with van der Waals surface area (Å²) in [6.07, 6.45) is 6.16. The maximum atomic E-state index is 12.6. The molecular weight excluding hydrogens is 314 g/mol. The van der Waals surface area contributed by atoms with Gasteiger partial charge in [-0.25, -0.2) is 4.79 Å². The van der Waals surface area contributed by atoms with Gasteiger partial charge in [0.05, 0.1) is 0 Å². The average Bonchev–Trinajstić information content (AvgIpc) is 3.06. The molecule has 2 aliphatic rings. The third-order valence-electron chi connectivity index (χ3n) is 5.44. The van der Waals surface area contributed by atoms with Gasteiger partial charge in [0.25, 0.3) is 0 Å². The lowest BCUT2D eigenvalue weighted by Gasteiger charge is -2.25. The SMILES string of the molecule is CCc1ccccc1NC(=O)N1CCCN(C(=O)C2CCCC2)CC1. The number of anilines is 1. The molecule has 3 rings (SSSR count). The van der Waals surface area contributed by atoms with Crippen molar-refractivity contribution in [1.29, 1.82) is 0 Å². The summed E-state index contributed by atoms with van der Waals surface area (Å²) in [5.74, 6) is 0.521. The summed E-state index contributed by atoms with van der Waals surface area (Å²) in [4.78, 5) is 29.1. The van der Waals surface area contributed by atoms with Gasteiger partial charge in [0.15, 0.2) is 0 Å². The predicted octanol–water partition coefficient (Wildman–Crippen LogP) is 3.51. The van der Waals surface area contributed by atoms with Crippen LogP contribution in [0.25, 0.3) is 0 Å². The Kier molecular flexibility index (Phi) is 5.95. The van der Waals surface area contributed by atoms with Crippen molar-refractivity contribution in [3.8, 4) is 0 Å². The summed E-state index contributed by atoms with van der Waals surface area (Å²) in [5, 5.41) is 3.04. The first-order valence-electron chi connectivity index (χ1n) is 9.61. The fraction of sp³-hybridized carbons (Fsp3) is 0.600. The van der Waals surface area contributed by atoms with Gasteiger partial charge in [0.2, 0.25) is 5.91 Å². The summed E-state index contributed by atoms with van der Waals surface area (Å²) >= 11 is 0. The standard InChI is InChI=1S/C20H29N3O2/c1-2-16-8-5-6-11-18(16)21-20(25)23-13-7-12-22(14-15-23)19(24)17-9-3-4-10-17/h5-6,8,11,17H,2-4,7,9-10,12-15H2,1H3,(H,21,25). The fourth-order valence-corrected chi connectivity index (χ4v) is 3.92. The summed E-state index contributed by atoms with van der Waals surface area (Å²) < 4.78 is 0. The van der Waals surface area contributed by atoms with Crippen molar-refractivity contribution in [2.24, 2.45) is 5.92 Å². The van der Waals surface area contributed by atoms with E-state index in [0.29, 0.717) is 25.5 Å². The molecular formula is C20H29N3O2. The van der Waals surface area contributed by atoms with Crippen LogP contribution in [0.15, 0.2) is 24.3 Å². The van der Waals surface area contributed by atoms with E-state index in [2.05, 4.69) is 12.2 Å². The highest BCUT2D eigenvalue weighted by Crippen LogP contribution is 2.27. The van der Waals surface area contributed by atoms with Gasteiger partial charge in [0.1, 0.15) is 0 Å². The van der Waals surface area contributed by atoms with Gasteiger partial charge in [-0.15, -0.1) is 0 Å². The third kappa shape index (κ3) is 4.33. The highest BCUT2D eigenvalue weighted by Gasteiger charge is 2.29. The van der Waals surface area contributed by atoms with Crippen molar-refractivity contribution < 1.29 is 9.59 Å². The minimum atomic E-state index is -0.0592. The topological polar surface area (TPSA) is 52.7 Å². The van der Waals surface area contributed by atoms with Crippen molar-refractivity contribution in [3.05, 3.63) is 29.8 Å². The number of hydrogen-bond acceptors (Lipinski definition) is 2. The van der Waals surface area contributed by atoms with E-state index in [4.69, 9.17) is 0 Å². The van der Waals surface area contributed by atoms with Crippen LogP contribution in [0.2, 0.25) is 0 Å². The molecule has 0 unspecified atom stereocenters. The first kappa shape index (κ1) is 17.8. The molecule has 1 heterocycles. The number of aryl methyl sites for hydroxylation is 1. The molecule has 1 aliphatic heterocycles. The van der Waals surface area contributed by atoms with Gasteiger partial charge in [-0.3, -0.25) is 4.79 Å². The Morgan fingerprint density at radius 3 is 2.44 bits per heavy atom. The highest BCUT2D eigenvalue weighted by molar-refractivity contribution is 5.90. The van der Waals surface area contributed by atoms with E-state index in [0.717, 1.165) is 43.5 Å². The molecule has 2 fully saturated rings. The van der Waals surface area contributed by atoms with E-state index in [9.17, 15) is 9.59 Å². The van der Waals surface area contributed by atoms with Crippen LogP contribution in [-0.4, -0.2) is 47.9 Å². The zero-order valence-electron chi connectivity index (χ0n) is 15.2. The molecule has 25 heavy (non-hydrogen) atoms. The largest absolute Gasteiger partial charge is 0.341 e. The molecule has 136 valence electrons. The first-order chi connectivity index (χ1) is 12.2. The minimum absolute atomic E-state index is 0.0592. The van der Waals surface area contributed by atoms with Crippen LogP contribution < -0.4 is 5.32 Å². The molecule has 0 aromatic heterocycles. The molecule has 1 aromatic carbocycles. The van der Waals surface area contributed by atoms with Crippen molar-refractivity contribution >= 4 is 17.6 Å². The second-order valence-electron chi connectivity index (χ2n) is 7.09. The van der Waals surface area contributed by atoms with Crippen molar-refractivity contribution in [3.63, 3.8) is 0 Å². The average molecular weight is 343 g/mol. The van der Waals surface area contributed by atoms with Gasteiger partial charge in [-0.2, -0.15) is 0 Å². The van der Waals surface area contributed by atoms with Crippen LogP contribution in [0.4, 0.5) is 10.5 Å². The number of benzene rings is 1. The number of urea groups is 1. The van der Waals surface area contributed by atoms with Crippen LogP contribution in [0.1, 0.15) is 44.6 Å². The van der Waals surface area contributed by atoms with E-state index >= 15 is 0 Å². The molecule has 5 heteroatoms. The van der Waals surface area contributed by atoms with Crippen molar-refractivity contribution in [2.75, 3.05) is 31.5 Å². The number of carbonyl (C=O) groups is 2. The Hall–Kier alpha value is -2.04. The second kappa shape index (κ2) is 8.37. The quantitative estimate of drug-likeness (QED) is 0.913. The molecule has 5 nitrogen and oxygen atoms in total. The number of nitrogens with one attached hydrogen (secondary N) is 1. The van der Waals surface area contributed by atoms with Gasteiger partial charge >= 0.3 is 6.03 Å². The summed E-state index contributed by atoms with van der Waals surface area (Å²) in [6, 6.07) is 7.87. The molecule has 0 radical (unpaired) electrons.